The molecule has 1 heterocycles. The Morgan fingerprint density at radius 1 is 0.553 bits per heavy atom. The Morgan fingerprint density at radius 3 is 1.46 bits per heavy atom. The maximum Gasteiger partial charge on any atom is 0.330 e. The van der Waals surface area contributed by atoms with Gasteiger partial charge in [0.25, 0.3) is 23.6 Å². The predicted octanol–water partition coefficient (Wildman–Crippen LogP) is 3.55. The Balaban J connectivity index is 1.47. The number of hydrogen-bond donors (Lipinski definition) is 6. The van der Waals surface area contributed by atoms with E-state index in [-0.39, 0.29) is 67.6 Å². The third-order valence-electron chi connectivity index (χ3n) is 10.7. The summed E-state index contributed by atoms with van der Waals surface area (Å²) in [7, 11) is 0. The summed E-state index contributed by atoms with van der Waals surface area (Å²) in [6.45, 7) is 17.1. The number of azo groups is 1. The van der Waals surface area contributed by atoms with E-state index >= 15 is 0 Å². The maximum atomic E-state index is 13.7. The molecule has 24 heteroatoms. The lowest BCUT2D eigenvalue weighted by atomic mass is 10.1. The largest absolute Gasteiger partial charge is 0.461 e. The van der Waals surface area contributed by atoms with E-state index in [0.717, 1.165) is 24.3 Å². The van der Waals surface area contributed by atoms with Gasteiger partial charge in [0.05, 0.1) is 16.7 Å². The zero-order chi connectivity index (χ0) is 55.4. The van der Waals surface area contributed by atoms with E-state index in [1.807, 2.05) is 9.80 Å². The first-order valence-corrected chi connectivity index (χ1v) is 23.7. The van der Waals surface area contributed by atoms with Crippen molar-refractivity contribution in [3.8, 4) is 0 Å². The minimum absolute atomic E-state index is 0.0292. The molecule has 0 saturated heterocycles. The average Bonchev–Trinajstić information content (AvgIpc) is 3.79. The zero-order valence-electron chi connectivity index (χ0n) is 41.9. The first-order chi connectivity index (χ1) is 36.5. The molecule has 0 aliphatic carbocycles. The van der Waals surface area contributed by atoms with E-state index in [1.165, 1.54) is 55.5 Å². The molecular formula is C52H60N10O14. The Morgan fingerprint density at radius 2 is 1.01 bits per heavy atom. The Bertz CT molecular complexity index is 2710. The number of nitrogens with one attached hydrogen (secondary N) is 6. The fourth-order valence-corrected chi connectivity index (χ4v) is 6.83. The van der Waals surface area contributed by atoms with E-state index in [0.29, 0.717) is 68.8 Å². The van der Waals surface area contributed by atoms with Gasteiger partial charge >= 0.3 is 29.6 Å². The van der Waals surface area contributed by atoms with Crippen LogP contribution in [0.25, 0.3) is 11.0 Å². The maximum absolute atomic E-state index is 13.7. The van der Waals surface area contributed by atoms with Crippen molar-refractivity contribution in [1.82, 2.24) is 30.4 Å². The summed E-state index contributed by atoms with van der Waals surface area (Å²) in [4.78, 5) is 133. The van der Waals surface area contributed by atoms with Crippen molar-refractivity contribution < 1.29 is 62.1 Å². The number of imidazole rings is 1. The lowest BCUT2D eigenvalue weighted by Crippen LogP contribution is -2.35. The molecule has 4 amide bonds. The smallest absolute Gasteiger partial charge is 0.330 e. The number of aromatic nitrogens is 2. The number of hydrogen-bond acceptors (Lipinski definition) is 18. The van der Waals surface area contributed by atoms with Crippen molar-refractivity contribution >= 4 is 81.4 Å². The van der Waals surface area contributed by atoms with Crippen molar-refractivity contribution in [2.75, 3.05) is 89.4 Å². The molecule has 402 valence electrons. The van der Waals surface area contributed by atoms with Gasteiger partial charge in [-0.1, -0.05) is 26.3 Å². The molecule has 3 aromatic carbocycles. The number of anilines is 2. The summed E-state index contributed by atoms with van der Waals surface area (Å²) >= 11 is 0. The van der Waals surface area contributed by atoms with Gasteiger partial charge in [-0.05, 0) is 80.4 Å². The van der Waals surface area contributed by atoms with Crippen LogP contribution >= 0.6 is 0 Å². The number of benzene rings is 3. The second kappa shape index (κ2) is 31.4. The summed E-state index contributed by atoms with van der Waals surface area (Å²) in [6.07, 6.45) is 4.94. The molecule has 0 aliphatic heterocycles. The summed E-state index contributed by atoms with van der Waals surface area (Å²) < 4.78 is 20.4. The molecule has 24 nitrogen and oxygen atoms in total. The molecule has 0 fully saturated rings. The molecule has 0 spiro atoms. The topological polar surface area (TPSA) is 319 Å². The number of carbonyl (C=O) groups is 9. The highest BCUT2D eigenvalue weighted by Crippen LogP contribution is 2.20. The van der Waals surface area contributed by atoms with Gasteiger partial charge in [-0.25, -0.2) is 24.0 Å². The fourth-order valence-electron chi connectivity index (χ4n) is 6.83. The van der Waals surface area contributed by atoms with Gasteiger partial charge in [0.1, 0.15) is 26.4 Å². The number of Topliss-reactive ketones (excluding diaryl/α,β-unsaturated/α-hetero) is 1. The highest BCUT2D eigenvalue weighted by molar-refractivity contribution is 6.10. The van der Waals surface area contributed by atoms with Crippen LogP contribution in [-0.2, 0) is 47.7 Å². The van der Waals surface area contributed by atoms with Crippen molar-refractivity contribution in [3.63, 3.8) is 0 Å². The predicted molar refractivity (Wildman–Crippen MR) is 279 cm³/mol. The third kappa shape index (κ3) is 20.8. The van der Waals surface area contributed by atoms with Crippen LogP contribution in [0.3, 0.4) is 0 Å². The van der Waals surface area contributed by atoms with Gasteiger partial charge in [-0.15, -0.1) is 0 Å². The average molecular weight is 1050 g/mol. The lowest BCUT2D eigenvalue weighted by Gasteiger charge is -2.22. The van der Waals surface area contributed by atoms with Crippen molar-refractivity contribution in [2.45, 2.75) is 25.8 Å². The first-order valence-electron chi connectivity index (χ1n) is 23.7. The summed E-state index contributed by atoms with van der Waals surface area (Å²) in [5.74, 6) is -5.56. The van der Waals surface area contributed by atoms with E-state index in [2.05, 4.69) is 67.8 Å². The number of aromatic amines is 2. The van der Waals surface area contributed by atoms with Crippen molar-refractivity contribution in [2.24, 2.45) is 10.2 Å². The first kappa shape index (κ1) is 59.4. The highest BCUT2D eigenvalue weighted by atomic mass is 16.5. The zero-order valence-corrected chi connectivity index (χ0v) is 41.9. The molecule has 4 aromatic rings. The van der Waals surface area contributed by atoms with Crippen LogP contribution < -0.4 is 27.0 Å². The van der Waals surface area contributed by atoms with Gasteiger partial charge in [0.15, 0.2) is 5.78 Å². The second-order valence-corrected chi connectivity index (χ2v) is 16.2. The van der Waals surface area contributed by atoms with Gasteiger partial charge in [0.2, 0.25) is 6.04 Å². The monoisotopic (exact) mass is 1050 g/mol. The van der Waals surface area contributed by atoms with E-state index in [9.17, 15) is 47.9 Å². The number of ether oxygens (including phenoxy) is 4. The molecule has 4 rings (SSSR count). The van der Waals surface area contributed by atoms with Gasteiger partial charge in [-0.3, -0.25) is 33.8 Å². The molecule has 0 bridgehead atoms. The summed E-state index contributed by atoms with van der Waals surface area (Å²) in [6, 6.07) is 12.9. The molecular weight excluding hydrogens is 989 g/mol. The van der Waals surface area contributed by atoms with Crippen molar-refractivity contribution in [1.29, 1.82) is 0 Å². The van der Waals surface area contributed by atoms with E-state index in [4.69, 9.17) is 18.9 Å². The van der Waals surface area contributed by atoms with E-state index < -0.39 is 65.0 Å². The molecule has 76 heavy (non-hydrogen) atoms. The van der Waals surface area contributed by atoms with Crippen LogP contribution in [0.1, 0.15) is 50.8 Å². The minimum Gasteiger partial charge on any atom is -0.461 e. The summed E-state index contributed by atoms with van der Waals surface area (Å²) in [5.41, 5.74) is 1.31. The highest BCUT2D eigenvalue weighted by Gasteiger charge is 2.24. The quantitative estimate of drug-likeness (QED) is 0.00992. The Hall–Kier alpha value is -9.16. The van der Waals surface area contributed by atoms with Crippen LogP contribution in [0, 0.1) is 0 Å². The lowest BCUT2D eigenvalue weighted by molar-refractivity contribution is -0.140. The molecule has 0 saturated carbocycles. The SMILES string of the molecule is C=CC(=O)OCCN(CCCNC(=O)c1cc(NC(=O)c2ccc(N=NC(C(C)=O)C(=O)Nc3ccc4[nH]c(=O)[nH]c4c3)cc2)cc(C(=O)NCCCN(CCOC(=O)C=C)CCOC(=O)C=C)c1)CCOC(=O)C=C. The third-order valence-corrected chi connectivity index (χ3v) is 10.7. The number of amides is 4. The minimum atomic E-state index is -1.52. The van der Waals surface area contributed by atoms with Gasteiger partial charge < -0.3 is 50.2 Å². The number of esters is 4. The van der Waals surface area contributed by atoms with Crippen LogP contribution in [0.4, 0.5) is 17.1 Å². The number of H-pyrrole nitrogens is 2. The van der Waals surface area contributed by atoms with Crippen LogP contribution in [-0.4, -0.2) is 158 Å². The Labute approximate surface area is 436 Å². The Kier molecular flexibility index (Phi) is 24.6. The molecule has 1 unspecified atom stereocenters. The molecule has 0 radical (unpaired) electrons. The summed E-state index contributed by atoms with van der Waals surface area (Å²) in [5, 5.41) is 18.9. The molecule has 0 aliphatic rings. The number of nitrogens with zero attached hydrogens (tertiary/aromatic N) is 4. The second-order valence-electron chi connectivity index (χ2n) is 16.2. The number of ketones is 1. The number of rotatable bonds is 33. The molecule has 1 aromatic heterocycles. The van der Waals surface area contributed by atoms with Crippen LogP contribution in [0.2, 0.25) is 0 Å². The molecule has 6 N–H and O–H groups in total. The molecule has 1 atom stereocenters. The van der Waals surface area contributed by atoms with Crippen LogP contribution in [0.15, 0.2) is 126 Å². The van der Waals surface area contributed by atoms with Gasteiger partial charge in [0, 0.05) is 105 Å². The normalized spacial score (nSPS) is 11.2. The van der Waals surface area contributed by atoms with Crippen molar-refractivity contribution in [3.05, 3.63) is 138 Å². The van der Waals surface area contributed by atoms with Gasteiger partial charge in [-0.2, -0.15) is 10.2 Å². The standard InChI is InChI=1S/C52H60N10O14/c1-6-43(64)73-26-22-61(23-27-74-44(65)7-2)20-10-18-53-48(68)36-30-37(49(69)54-19-11-21-62(24-28-75-45(66)8-3)25-29-76-46(67)9-4)32-40(31-36)56-50(70)35-12-14-38(15-13-35)59-60-47(34(5)63)51(71)55-39-16-17-41-42(33-39)58-52(72)57-41/h6-9,12-17,30-33,47H,1-4,10-11,18-29H2,5H3,(H,53,68)(H,54,69)(H,55,71)(H,56,70)(H2,57,58,72). The van der Waals surface area contributed by atoms with Crippen LogP contribution in [0.5, 0.6) is 0 Å². The fraction of sp³-hybridized carbons (Fsp3) is 0.308. The van der Waals surface area contributed by atoms with E-state index in [1.54, 1.807) is 12.1 Å². The number of fused-ring (bicyclic) bond motifs is 1. The number of carbonyl (C=O) groups excluding carboxylic acids is 9.